The summed E-state index contributed by atoms with van der Waals surface area (Å²) >= 11 is 0. The number of urea groups is 1. The van der Waals surface area contributed by atoms with E-state index < -0.39 is 16.9 Å². The van der Waals surface area contributed by atoms with Crippen molar-refractivity contribution in [3.63, 3.8) is 0 Å². The number of fused-ring (bicyclic) bond motifs is 1. The smallest absolute Gasteiger partial charge is 0.319 e. The number of ketones is 1. The second-order valence-electron chi connectivity index (χ2n) is 6.63. The number of carbonyl (C=O) groups is 2. The van der Waals surface area contributed by atoms with Gasteiger partial charge in [-0.2, -0.15) is 0 Å². The number of benzene rings is 1. The van der Waals surface area contributed by atoms with E-state index in [4.69, 9.17) is 0 Å². The quantitative estimate of drug-likeness (QED) is 0.646. The van der Waals surface area contributed by atoms with Crippen molar-refractivity contribution >= 4 is 17.5 Å². The van der Waals surface area contributed by atoms with E-state index in [1.165, 1.54) is 12.1 Å². The van der Waals surface area contributed by atoms with Gasteiger partial charge in [0.25, 0.3) is 5.69 Å². The molecule has 2 aliphatic rings. The van der Waals surface area contributed by atoms with Crippen LogP contribution in [0.1, 0.15) is 31.9 Å². The van der Waals surface area contributed by atoms with E-state index in [1.807, 2.05) is 19.9 Å². The summed E-state index contributed by atoms with van der Waals surface area (Å²) in [5.74, 6) is -0.439. The van der Waals surface area contributed by atoms with E-state index in [1.54, 1.807) is 12.1 Å². The molecule has 0 radical (unpaired) electrons. The molecule has 0 aromatic heterocycles. The fourth-order valence-electron chi connectivity index (χ4n) is 3.24. The molecule has 1 heterocycles. The van der Waals surface area contributed by atoms with Crippen LogP contribution in [0, 0.1) is 21.4 Å². The predicted molar refractivity (Wildman–Crippen MR) is 82.5 cm³/mol. The lowest BCUT2D eigenvalue weighted by molar-refractivity contribution is -0.384. The number of amides is 2. The lowest BCUT2D eigenvalue weighted by atomic mass is 9.72. The molecule has 23 heavy (non-hydrogen) atoms. The van der Waals surface area contributed by atoms with Crippen molar-refractivity contribution in [1.29, 1.82) is 0 Å². The summed E-state index contributed by atoms with van der Waals surface area (Å²) in [5, 5.41) is 16.2. The van der Waals surface area contributed by atoms with Gasteiger partial charge < -0.3 is 10.6 Å². The maximum Gasteiger partial charge on any atom is 0.319 e. The average Bonchev–Trinajstić information content (AvgIpc) is 2.44. The molecule has 1 fully saturated rings. The molecule has 0 spiro atoms. The number of hydrogen-bond acceptors (Lipinski definition) is 4. The zero-order valence-electron chi connectivity index (χ0n) is 12.8. The van der Waals surface area contributed by atoms with Gasteiger partial charge in [0.2, 0.25) is 0 Å². The van der Waals surface area contributed by atoms with Crippen molar-refractivity contribution in [2.45, 2.75) is 26.3 Å². The van der Waals surface area contributed by atoms with Crippen LogP contribution in [-0.2, 0) is 4.79 Å². The van der Waals surface area contributed by atoms with Crippen LogP contribution < -0.4 is 10.6 Å². The highest BCUT2D eigenvalue weighted by atomic mass is 16.6. The number of allylic oxidation sites excluding steroid dienone is 1. The Balaban J connectivity index is 1.99. The molecule has 7 nitrogen and oxygen atoms in total. The Labute approximate surface area is 132 Å². The molecule has 1 aliphatic heterocycles. The zero-order chi connectivity index (χ0) is 16.8. The summed E-state index contributed by atoms with van der Waals surface area (Å²) in [6, 6.07) is 5.03. The van der Waals surface area contributed by atoms with Crippen LogP contribution >= 0.6 is 0 Å². The van der Waals surface area contributed by atoms with E-state index in [0.29, 0.717) is 17.7 Å². The normalized spacial score (nSPS) is 25.7. The van der Waals surface area contributed by atoms with Gasteiger partial charge in [-0.1, -0.05) is 32.1 Å². The van der Waals surface area contributed by atoms with E-state index in [0.717, 1.165) is 0 Å². The van der Waals surface area contributed by atoms with Gasteiger partial charge in [0.1, 0.15) is 5.78 Å². The molecule has 120 valence electrons. The monoisotopic (exact) mass is 315 g/mol. The number of nitrogens with zero attached hydrogens (tertiary/aromatic N) is 1. The lowest BCUT2D eigenvalue weighted by Crippen LogP contribution is -2.53. The number of rotatable bonds is 2. The highest BCUT2D eigenvalue weighted by Crippen LogP contribution is 2.40. The van der Waals surface area contributed by atoms with Gasteiger partial charge >= 0.3 is 6.03 Å². The van der Waals surface area contributed by atoms with Gasteiger partial charge in [-0.3, -0.25) is 14.9 Å². The highest BCUT2D eigenvalue weighted by molar-refractivity contribution is 5.91. The number of hydrogen-bond donors (Lipinski definition) is 2. The Morgan fingerprint density at radius 1 is 1.22 bits per heavy atom. The minimum absolute atomic E-state index is 0.0270. The Hall–Kier alpha value is -2.70. The largest absolute Gasteiger partial charge is 0.330 e. The fraction of sp³-hybridized carbons (Fsp3) is 0.375. The summed E-state index contributed by atoms with van der Waals surface area (Å²) in [6.45, 7) is 3.90. The third kappa shape index (κ3) is 2.81. The van der Waals surface area contributed by atoms with Crippen molar-refractivity contribution in [2.24, 2.45) is 11.3 Å². The maximum atomic E-state index is 12.6. The molecule has 1 aliphatic carbocycles. The van der Waals surface area contributed by atoms with Crippen LogP contribution in [0.25, 0.3) is 0 Å². The minimum Gasteiger partial charge on any atom is -0.330 e. The van der Waals surface area contributed by atoms with E-state index in [2.05, 4.69) is 10.6 Å². The Kier molecular flexibility index (Phi) is 3.43. The van der Waals surface area contributed by atoms with Crippen LogP contribution in [-0.4, -0.2) is 16.7 Å². The standard InChI is InChI=1S/C16H17N3O4/c1-16(2)7-11-13(12(20)8-16)14(18-15(21)17-11)9-3-5-10(6-4-9)19(22)23/h3-7,13-14H,8H2,1-2H3,(H2,17,18,21)/t13-,14-/m1/s1. The number of nitro groups is 1. The van der Waals surface area contributed by atoms with Gasteiger partial charge in [0, 0.05) is 24.3 Å². The van der Waals surface area contributed by atoms with E-state index in [-0.39, 0.29) is 22.9 Å². The third-order valence-corrected chi connectivity index (χ3v) is 4.20. The first kappa shape index (κ1) is 15.2. The Morgan fingerprint density at radius 3 is 2.48 bits per heavy atom. The molecule has 7 heteroatoms. The summed E-state index contributed by atoms with van der Waals surface area (Å²) in [4.78, 5) is 34.8. The molecule has 1 saturated heterocycles. The molecule has 1 aromatic rings. The third-order valence-electron chi connectivity index (χ3n) is 4.20. The molecule has 0 saturated carbocycles. The zero-order valence-corrected chi connectivity index (χ0v) is 12.8. The number of non-ortho nitro benzene ring substituents is 1. The molecule has 2 amide bonds. The minimum atomic E-state index is -0.514. The predicted octanol–water partition coefficient (Wildman–Crippen LogP) is 2.45. The molecule has 1 aromatic carbocycles. The second kappa shape index (κ2) is 5.19. The second-order valence-corrected chi connectivity index (χ2v) is 6.63. The molecular formula is C16H17N3O4. The average molecular weight is 315 g/mol. The number of carbonyl (C=O) groups excluding carboxylic acids is 2. The first-order valence-corrected chi connectivity index (χ1v) is 7.34. The Morgan fingerprint density at radius 2 is 1.87 bits per heavy atom. The number of nitrogens with one attached hydrogen (secondary N) is 2. The van der Waals surface area contributed by atoms with Crippen molar-refractivity contribution < 1.29 is 14.5 Å². The fourth-order valence-corrected chi connectivity index (χ4v) is 3.24. The van der Waals surface area contributed by atoms with Gasteiger partial charge in [0.15, 0.2) is 0 Å². The first-order valence-electron chi connectivity index (χ1n) is 7.34. The van der Waals surface area contributed by atoms with Crippen LogP contribution in [0.5, 0.6) is 0 Å². The summed E-state index contributed by atoms with van der Waals surface area (Å²) in [6.07, 6.45) is 2.32. The summed E-state index contributed by atoms with van der Waals surface area (Å²) < 4.78 is 0. The van der Waals surface area contributed by atoms with Gasteiger partial charge in [-0.15, -0.1) is 0 Å². The molecule has 0 bridgehead atoms. The maximum absolute atomic E-state index is 12.6. The number of Topliss-reactive ketones (excluding diaryl/α,β-unsaturated/α-hetero) is 1. The van der Waals surface area contributed by atoms with Crippen LogP contribution in [0.15, 0.2) is 36.0 Å². The summed E-state index contributed by atoms with van der Waals surface area (Å²) in [7, 11) is 0. The van der Waals surface area contributed by atoms with Crippen LogP contribution in [0.3, 0.4) is 0 Å². The van der Waals surface area contributed by atoms with Crippen molar-refractivity contribution in [3.8, 4) is 0 Å². The Bertz CT molecular complexity index is 721. The van der Waals surface area contributed by atoms with E-state index in [9.17, 15) is 19.7 Å². The SMILES string of the molecule is CC1(C)C=C2NC(=O)N[C@H](c3ccc([N+](=O)[O-])cc3)[C@H]2C(=O)C1. The van der Waals surface area contributed by atoms with Gasteiger partial charge in [-0.25, -0.2) is 4.79 Å². The molecular weight excluding hydrogens is 298 g/mol. The first-order chi connectivity index (χ1) is 10.8. The molecule has 3 rings (SSSR count). The lowest BCUT2D eigenvalue weighted by Gasteiger charge is -2.40. The molecule has 0 unspecified atom stereocenters. The van der Waals surface area contributed by atoms with Crippen molar-refractivity contribution in [3.05, 3.63) is 51.7 Å². The topological polar surface area (TPSA) is 101 Å². The molecule has 2 N–H and O–H groups in total. The van der Waals surface area contributed by atoms with E-state index >= 15 is 0 Å². The number of nitro benzene ring substituents is 1. The van der Waals surface area contributed by atoms with Crippen LogP contribution in [0.4, 0.5) is 10.5 Å². The summed E-state index contributed by atoms with van der Waals surface area (Å²) in [5.41, 5.74) is 0.960. The van der Waals surface area contributed by atoms with Gasteiger partial charge in [0.05, 0.1) is 16.9 Å². The highest BCUT2D eigenvalue weighted by Gasteiger charge is 2.43. The van der Waals surface area contributed by atoms with Crippen molar-refractivity contribution in [1.82, 2.24) is 10.6 Å². The van der Waals surface area contributed by atoms with Gasteiger partial charge in [-0.05, 0) is 11.0 Å². The molecule has 2 atom stereocenters. The van der Waals surface area contributed by atoms with Crippen molar-refractivity contribution in [2.75, 3.05) is 0 Å². The van der Waals surface area contributed by atoms with Crippen LogP contribution in [0.2, 0.25) is 0 Å².